The van der Waals surface area contributed by atoms with Gasteiger partial charge in [-0.15, -0.1) is 11.3 Å². The zero-order valence-electron chi connectivity index (χ0n) is 16.1. The van der Waals surface area contributed by atoms with Crippen molar-refractivity contribution in [3.63, 3.8) is 0 Å². The first kappa shape index (κ1) is 21.4. The summed E-state index contributed by atoms with van der Waals surface area (Å²) in [5.41, 5.74) is 1.98. The summed E-state index contributed by atoms with van der Waals surface area (Å²) in [6.45, 7) is 2.08. The van der Waals surface area contributed by atoms with Crippen molar-refractivity contribution in [1.82, 2.24) is 5.32 Å². The van der Waals surface area contributed by atoms with Crippen molar-refractivity contribution in [2.45, 2.75) is 13.5 Å². The van der Waals surface area contributed by atoms with Gasteiger partial charge >= 0.3 is 0 Å². The van der Waals surface area contributed by atoms with E-state index < -0.39 is 0 Å². The molecule has 0 saturated heterocycles. The predicted octanol–water partition coefficient (Wildman–Crippen LogP) is 4.79. The number of aryl methyl sites for hydroxylation is 1. The lowest BCUT2D eigenvalue weighted by molar-refractivity contribution is 0.0953. The molecule has 0 aliphatic carbocycles. The molecule has 0 spiro atoms. The molecule has 2 aromatic carbocycles. The first-order valence-electron chi connectivity index (χ1n) is 9.01. The molecule has 3 rings (SSSR count). The molecule has 0 aliphatic heterocycles. The summed E-state index contributed by atoms with van der Waals surface area (Å²) >= 11 is 7.26. The number of hydrogen-bond acceptors (Lipinski definition) is 5. The normalized spacial score (nSPS) is 10.2. The van der Waals surface area contributed by atoms with Crippen molar-refractivity contribution in [1.29, 1.82) is 5.26 Å². The molecule has 2 N–H and O–H groups in total. The minimum Gasteiger partial charge on any atom is -0.479 e. The summed E-state index contributed by atoms with van der Waals surface area (Å²) in [4.78, 5) is 25.5. The number of hydrogen-bond donors (Lipinski definition) is 2. The first-order valence-corrected chi connectivity index (χ1v) is 10.2. The Hall–Kier alpha value is -3.34. The standard InChI is InChI=1S/C22H18ClN3O3S/c1-14-11-19(26-21(27)17-7-2-3-8-18(17)23)30-20(14)22(28)25-13-15-5-4-6-16(12-15)29-10-9-24/h2-8,11-12H,10,13H2,1H3,(H,25,28)(H,26,27). The Balaban J connectivity index is 1.63. The van der Waals surface area contributed by atoms with Crippen molar-refractivity contribution < 1.29 is 14.3 Å². The van der Waals surface area contributed by atoms with Gasteiger partial charge in [0.1, 0.15) is 11.8 Å². The fourth-order valence-electron chi connectivity index (χ4n) is 2.72. The quantitative estimate of drug-likeness (QED) is 0.553. The van der Waals surface area contributed by atoms with Gasteiger partial charge in [0.25, 0.3) is 11.8 Å². The fourth-order valence-corrected chi connectivity index (χ4v) is 3.92. The van der Waals surface area contributed by atoms with E-state index >= 15 is 0 Å². The molecule has 2 amide bonds. The molecule has 0 saturated carbocycles. The molecule has 30 heavy (non-hydrogen) atoms. The first-order chi connectivity index (χ1) is 14.5. The van der Waals surface area contributed by atoms with Crippen molar-refractivity contribution in [3.8, 4) is 11.8 Å². The summed E-state index contributed by atoms with van der Waals surface area (Å²) in [7, 11) is 0. The summed E-state index contributed by atoms with van der Waals surface area (Å²) in [6.07, 6.45) is 0. The van der Waals surface area contributed by atoms with Gasteiger partial charge in [0.15, 0.2) is 6.61 Å². The molecule has 1 aromatic heterocycles. The molecule has 3 aromatic rings. The number of amides is 2. The topological polar surface area (TPSA) is 91.2 Å². The van der Waals surface area contributed by atoms with E-state index in [1.165, 1.54) is 11.3 Å². The molecule has 0 aliphatic rings. The molecule has 0 fully saturated rings. The van der Waals surface area contributed by atoms with Crippen LogP contribution in [-0.2, 0) is 6.54 Å². The number of ether oxygens (including phenoxy) is 1. The van der Waals surface area contributed by atoms with Crippen LogP contribution in [0.2, 0.25) is 5.02 Å². The molecule has 0 unspecified atom stereocenters. The molecular weight excluding hydrogens is 422 g/mol. The maximum Gasteiger partial charge on any atom is 0.261 e. The second kappa shape index (κ2) is 9.92. The third-order valence-corrected chi connectivity index (χ3v) is 5.62. The Labute approximate surface area is 183 Å². The van der Waals surface area contributed by atoms with Gasteiger partial charge < -0.3 is 15.4 Å². The van der Waals surface area contributed by atoms with Gasteiger partial charge in [-0.25, -0.2) is 0 Å². The summed E-state index contributed by atoms with van der Waals surface area (Å²) in [5, 5.41) is 15.2. The number of rotatable bonds is 7. The van der Waals surface area contributed by atoms with E-state index in [0.717, 1.165) is 11.1 Å². The van der Waals surface area contributed by atoms with Crippen LogP contribution in [0.15, 0.2) is 54.6 Å². The van der Waals surface area contributed by atoms with Gasteiger partial charge in [0, 0.05) is 6.54 Å². The number of carbonyl (C=O) groups excluding carboxylic acids is 2. The maximum atomic E-state index is 12.6. The molecule has 8 heteroatoms. The number of anilines is 1. The summed E-state index contributed by atoms with van der Waals surface area (Å²) in [5.74, 6) is 0.00209. The number of benzene rings is 2. The van der Waals surface area contributed by atoms with E-state index in [1.807, 2.05) is 19.1 Å². The number of nitrogens with one attached hydrogen (secondary N) is 2. The minimum absolute atomic E-state index is 0.0348. The Morgan fingerprint density at radius 2 is 1.93 bits per heavy atom. The average Bonchev–Trinajstić information content (AvgIpc) is 3.11. The highest BCUT2D eigenvalue weighted by atomic mass is 35.5. The highest BCUT2D eigenvalue weighted by Crippen LogP contribution is 2.28. The third kappa shape index (κ3) is 5.38. The molecule has 6 nitrogen and oxygen atoms in total. The Morgan fingerprint density at radius 3 is 2.70 bits per heavy atom. The number of carbonyl (C=O) groups is 2. The largest absolute Gasteiger partial charge is 0.479 e. The van der Waals surface area contributed by atoms with E-state index in [0.29, 0.717) is 32.8 Å². The number of halogens is 1. The van der Waals surface area contributed by atoms with Crippen LogP contribution in [0.1, 0.15) is 31.2 Å². The van der Waals surface area contributed by atoms with E-state index in [1.54, 1.807) is 48.5 Å². The van der Waals surface area contributed by atoms with Crippen LogP contribution < -0.4 is 15.4 Å². The Kier molecular flexibility index (Phi) is 7.07. The second-order valence-electron chi connectivity index (χ2n) is 6.33. The van der Waals surface area contributed by atoms with Gasteiger partial charge in [-0.3, -0.25) is 9.59 Å². The van der Waals surface area contributed by atoms with Crippen LogP contribution >= 0.6 is 22.9 Å². The fraction of sp³-hybridized carbons (Fsp3) is 0.136. The second-order valence-corrected chi connectivity index (χ2v) is 7.79. The van der Waals surface area contributed by atoms with Gasteiger partial charge in [-0.05, 0) is 48.4 Å². The monoisotopic (exact) mass is 439 g/mol. The molecular formula is C22H18ClN3O3S. The van der Waals surface area contributed by atoms with Crippen LogP contribution in [0.25, 0.3) is 0 Å². The van der Waals surface area contributed by atoms with Crippen molar-refractivity contribution in [3.05, 3.63) is 81.2 Å². The number of thiophene rings is 1. The maximum absolute atomic E-state index is 12.6. The molecule has 152 valence electrons. The average molecular weight is 440 g/mol. The van der Waals surface area contributed by atoms with Crippen LogP contribution in [0.5, 0.6) is 5.75 Å². The molecule has 0 bridgehead atoms. The number of nitriles is 1. The SMILES string of the molecule is Cc1cc(NC(=O)c2ccccc2Cl)sc1C(=O)NCc1cccc(OCC#N)c1. The van der Waals surface area contributed by atoms with E-state index in [4.69, 9.17) is 21.6 Å². The van der Waals surface area contributed by atoms with Crippen molar-refractivity contribution in [2.75, 3.05) is 11.9 Å². The lowest BCUT2D eigenvalue weighted by Gasteiger charge is -2.07. The minimum atomic E-state index is -0.331. The van der Waals surface area contributed by atoms with Gasteiger partial charge in [-0.1, -0.05) is 35.9 Å². The lowest BCUT2D eigenvalue weighted by Crippen LogP contribution is -2.22. The third-order valence-electron chi connectivity index (χ3n) is 4.13. The highest BCUT2D eigenvalue weighted by molar-refractivity contribution is 7.18. The van der Waals surface area contributed by atoms with Crippen LogP contribution in [0, 0.1) is 18.3 Å². The van der Waals surface area contributed by atoms with E-state index in [9.17, 15) is 9.59 Å². The van der Waals surface area contributed by atoms with E-state index in [2.05, 4.69) is 10.6 Å². The Morgan fingerprint density at radius 1 is 1.13 bits per heavy atom. The van der Waals surface area contributed by atoms with Gasteiger partial charge in [0.2, 0.25) is 0 Å². The Bertz CT molecular complexity index is 1120. The smallest absolute Gasteiger partial charge is 0.261 e. The zero-order valence-corrected chi connectivity index (χ0v) is 17.6. The predicted molar refractivity (Wildman–Crippen MR) is 117 cm³/mol. The van der Waals surface area contributed by atoms with E-state index in [-0.39, 0.29) is 18.4 Å². The van der Waals surface area contributed by atoms with Crippen LogP contribution in [0.4, 0.5) is 5.00 Å². The highest BCUT2D eigenvalue weighted by Gasteiger charge is 2.16. The summed E-state index contributed by atoms with van der Waals surface area (Å²) < 4.78 is 5.27. The van der Waals surface area contributed by atoms with Gasteiger partial charge in [0.05, 0.1) is 20.5 Å². The number of nitrogens with zero attached hydrogens (tertiary/aromatic N) is 1. The lowest BCUT2D eigenvalue weighted by atomic mass is 10.2. The van der Waals surface area contributed by atoms with Gasteiger partial charge in [-0.2, -0.15) is 5.26 Å². The molecule has 0 atom stereocenters. The molecule has 0 radical (unpaired) electrons. The van der Waals surface area contributed by atoms with Crippen molar-refractivity contribution >= 4 is 39.8 Å². The van der Waals surface area contributed by atoms with Crippen LogP contribution in [0.3, 0.4) is 0 Å². The van der Waals surface area contributed by atoms with Crippen molar-refractivity contribution in [2.24, 2.45) is 0 Å². The van der Waals surface area contributed by atoms with Crippen LogP contribution in [-0.4, -0.2) is 18.4 Å². The summed E-state index contributed by atoms with van der Waals surface area (Å²) in [6, 6.07) is 17.6. The zero-order chi connectivity index (χ0) is 21.5. The molecule has 1 heterocycles.